The summed E-state index contributed by atoms with van der Waals surface area (Å²) in [5.41, 5.74) is -1.95. The summed E-state index contributed by atoms with van der Waals surface area (Å²) in [6.45, 7) is 2.88. The molecule has 0 fully saturated rings. The molecule has 0 saturated carbocycles. The molecule has 0 aliphatic carbocycles. The van der Waals surface area contributed by atoms with Crippen molar-refractivity contribution in [2.45, 2.75) is 32.3 Å². The molecule has 0 N–H and O–H groups in total. The van der Waals surface area contributed by atoms with Crippen LogP contribution in [0.1, 0.15) is 20.8 Å². The summed E-state index contributed by atoms with van der Waals surface area (Å²) in [4.78, 5) is 15.0. The zero-order valence-corrected chi connectivity index (χ0v) is 9.74. The van der Waals surface area contributed by atoms with Crippen molar-refractivity contribution in [2.75, 3.05) is 0 Å². The molecule has 6 heteroatoms. The predicted molar refractivity (Wildman–Crippen MR) is 56.0 cm³/mol. The van der Waals surface area contributed by atoms with E-state index in [1.807, 2.05) is 0 Å². The minimum Gasteiger partial charge on any atom is -0.422 e. The molecule has 0 radical (unpaired) electrons. The van der Waals surface area contributed by atoms with Crippen LogP contribution in [0.2, 0.25) is 0 Å². The molecule has 0 aromatic carbocycles. The number of rotatable bonds is 3. The monoisotopic (exact) mass is 245 g/mol. The minimum absolute atomic E-state index is 0.00674. The molecule has 0 amide bonds. The molecule has 0 atom stereocenters. The first kappa shape index (κ1) is 13.3. The maximum atomic E-state index is 13.1. The highest BCUT2D eigenvalue weighted by Gasteiger charge is 2.46. The van der Waals surface area contributed by atoms with Crippen LogP contribution in [0.3, 0.4) is 0 Å². The van der Waals surface area contributed by atoms with Gasteiger partial charge in [0.2, 0.25) is 5.88 Å². The third-order valence-electron chi connectivity index (χ3n) is 2.22. The molecule has 0 saturated heterocycles. The van der Waals surface area contributed by atoms with E-state index in [0.29, 0.717) is 6.92 Å². The molecule has 1 aromatic heterocycles. The van der Waals surface area contributed by atoms with Gasteiger partial charge in [-0.25, -0.2) is 18.6 Å². The van der Waals surface area contributed by atoms with Crippen LogP contribution in [0.5, 0.6) is 5.88 Å². The molecule has 4 nitrogen and oxygen atoms in total. The van der Waals surface area contributed by atoms with Gasteiger partial charge in [0.15, 0.2) is 5.60 Å². The molecule has 0 aliphatic heterocycles. The molecule has 17 heavy (non-hydrogen) atoms. The Balaban J connectivity index is 2.62. The standard InChI is InChI=1S/C11H13F2NO3/c1-10(2,11(3,12)13)17-9(15)16-8-6-4-5-7-14-8/h4-7H,1-3H3. The van der Waals surface area contributed by atoms with Gasteiger partial charge in [0.25, 0.3) is 5.92 Å². The van der Waals surface area contributed by atoms with Crippen LogP contribution in [0, 0.1) is 0 Å². The molecule has 0 unspecified atom stereocenters. The van der Waals surface area contributed by atoms with Crippen molar-refractivity contribution in [2.24, 2.45) is 0 Å². The van der Waals surface area contributed by atoms with Crippen molar-refractivity contribution in [3.05, 3.63) is 24.4 Å². The number of aromatic nitrogens is 1. The van der Waals surface area contributed by atoms with E-state index in [0.717, 1.165) is 13.8 Å². The number of carbonyl (C=O) groups excluding carboxylic acids is 1. The summed E-state index contributed by atoms with van der Waals surface area (Å²) in [6, 6.07) is 4.63. The van der Waals surface area contributed by atoms with Gasteiger partial charge in [-0.2, -0.15) is 0 Å². The van der Waals surface area contributed by atoms with Gasteiger partial charge in [0, 0.05) is 19.2 Å². The number of carbonyl (C=O) groups is 1. The van der Waals surface area contributed by atoms with Gasteiger partial charge in [-0.05, 0) is 19.9 Å². The van der Waals surface area contributed by atoms with E-state index < -0.39 is 17.7 Å². The third-order valence-corrected chi connectivity index (χ3v) is 2.22. The second kappa shape index (κ2) is 4.65. The van der Waals surface area contributed by atoms with Gasteiger partial charge in [-0.1, -0.05) is 6.07 Å². The Morgan fingerprint density at radius 1 is 1.29 bits per heavy atom. The van der Waals surface area contributed by atoms with E-state index in [-0.39, 0.29) is 5.88 Å². The van der Waals surface area contributed by atoms with Crippen molar-refractivity contribution >= 4 is 6.16 Å². The smallest absolute Gasteiger partial charge is 0.422 e. The lowest BCUT2D eigenvalue weighted by atomic mass is 10.0. The molecule has 0 aliphatic rings. The summed E-state index contributed by atoms with van der Waals surface area (Å²) in [6.07, 6.45) is 0.192. The summed E-state index contributed by atoms with van der Waals surface area (Å²) in [7, 11) is 0. The van der Waals surface area contributed by atoms with Crippen LogP contribution in [0.4, 0.5) is 13.6 Å². The zero-order chi connectivity index (χ0) is 13.1. The first-order valence-electron chi connectivity index (χ1n) is 4.92. The minimum atomic E-state index is -3.17. The molecule has 94 valence electrons. The Kier molecular flexibility index (Phi) is 3.65. The van der Waals surface area contributed by atoms with Gasteiger partial charge >= 0.3 is 6.16 Å². The lowest BCUT2D eigenvalue weighted by Crippen LogP contribution is -2.45. The lowest BCUT2D eigenvalue weighted by Gasteiger charge is -2.30. The van der Waals surface area contributed by atoms with Crippen molar-refractivity contribution < 1.29 is 23.0 Å². The fourth-order valence-corrected chi connectivity index (χ4v) is 0.812. The lowest BCUT2D eigenvalue weighted by molar-refractivity contribution is -0.156. The topological polar surface area (TPSA) is 48.4 Å². The fourth-order valence-electron chi connectivity index (χ4n) is 0.812. The Morgan fingerprint density at radius 2 is 1.94 bits per heavy atom. The van der Waals surface area contributed by atoms with Gasteiger partial charge in [0.05, 0.1) is 0 Å². The highest BCUT2D eigenvalue weighted by molar-refractivity contribution is 5.63. The Hall–Kier alpha value is -1.72. The van der Waals surface area contributed by atoms with Crippen LogP contribution >= 0.6 is 0 Å². The van der Waals surface area contributed by atoms with Crippen LogP contribution in [-0.2, 0) is 4.74 Å². The first-order chi connectivity index (χ1) is 7.72. The number of ether oxygens (including phenoxy) is 2. The van der Waals surface area contributed by atoms with Crippen LogP contribution in [0.15, 0.2) is 24.4 Å². The van der Waals surface area contributed by atoms with E-state index in [1.54, 1.807) is 12.1 Å². The molecular weight excluding hydrogens is 232 g/mol. The van der Waals surface area contributed by atoms with Crippen molar-refractivity contribution in [1.82, 2.24) is 4.98 Å². The van der Waals surface area contributed by atoms with Gasteiger partial charge in [-0.3, -0.25) is 0 Å². The molecule has 0 bridgehead atoms. The second-order valence-electron chi connectivity index (χ2n) is 4.02. The number of hydrogen-bond acceptors (Lipinski definition) is 4. The SMILES string of the molecule is CC(F)(F)C(C)(C)OC(=O)Oc1ccccn1. The largest absolute Gasteiger partial charge is 0.515 e. The molecule has 1 aromatic rings. The molecule has 1 heterocycles. The fraction of sp³-hybridized carbons (Fsp3) is 0.455. The highest BCUT2D eigenvalue weighted by atomic mass is 19.3. The quantitative estimate of drug-likeness (QED) is 0.768. The van der Waals surface area contributed by atoms with Gasteiger partial charge < -0.3 is 9.47 Å². The summed E-state index contributed by atoms with van der Waals surface area (Å²) in [5.74, 6) is -3.18. The first-order valence-corrected chi connectivity index (χ1v) is 4.92. The average Bonchev–Trinajstić information content (AvgIpc) is 2.16. The Bertz CT molecular complexity index is 387. The normalized spacial score (nSPS) is 12.1. The van der Waals surface area contributed by atoms with Gasteiger partial charge in [0.1, 0.15) is 0 Å². The summed E-state index contributed by atoms with van der Waals surface area (Å²) in [5, 5.41) is 0. The predicted octanol–water partition coefficient (Wildman–Crippen LogP) is 3.03. The summed E-state index contributed by atoms with van der Waals surface area (Å²) < 4.78 is 35.3. The van der Waals surface area contributed by atoms with E-state index in [1.165, 1.54) is 12.3 Å². The highest BCUT2D eigenvalue weighted by Crippen LogP contribution is 2.31. The van der Waals surface area contributed by atoms with Crippen LogP contribution < -0.4 is 4.74 Å². The molecule has 0 spiro atoms. The van der Waals surface area contributed by atoms with Gasteiger partial charge in [-0.15, -0.1) is 0 Å². The average molecular weight is 245 g/mol. The van der Waals surface area contributed by atoms with Crippen LogP contribution in [0.25, 0.3) is 0 Å². The van der Waals surface area contributed by atoms with Crippen LogP contribution in [-0.4, -0.2) is 22.7 Å². The van der Waals surface area contributed by atoms with E-state index >= 15 is 0 Å². The molecular formula is C11H13F2NO3. The molecule has 1 rings (SSSR count). The Labute approximate surface area is 97.6 Å². The van der Waals surface area contributed by atoms with E-state index in [9.17, 15) is 13.6 Å². The number of hydrogen-bond donors (Lipinski definition) is 0. The van der Waals surface area contributed by atoms with Crippen molar-refractivity contribution in [1.29, 1.82) is 0 Å². The number of nitrogens with zero attached hydrogens (tertiary/aromatic N) is 1. The number of halogens is 2. The van der Waals surface area contributed by atoms with Crippen molar-refractivity contribution in [3.63, 3.8) is 0 Å². The maximum Gasteiger partial charge on any atom is 0.515 e. The van der Waals surface area contributed by atoms with E-state index in [4.69, 9.17) is 0 Å². The zero-order valence-electron chi connectivity index (χ0n) is 9.74. The van der Waals surface area contributed by atoms with E-state index in [2.05, 4.69) is 14.5 Å². The number of pyridine rings is 1. The second-order valence-corrected chi connectivity index (χ2v) is 4.02. The Morgan fingerprint density at radius 3 is 2.41 bits per heavy atom. The summed E-state index contributed by atoms with van der Waals surface area (Å²) >= 11 is 0. The van der Waals surface area contributed by atoms with Crippen molar-refractivity contribution in [3.8, 4) is 5.88 Å². The maximum absolute atomic E-state index is 13.1. The number of alkyl halides is 2. The third kappa shape index (κ3) is 3.65.